The van der Waals surface area contributed by atoms with Crippen LogP contribution in [0.4, 0.5) is 5.69 Å². The van der Waals surface area contributed by atoms with Crippen LogP contribution in [0.25, 0.3) is 0 Å². The topological polar surface area (TPSA) is 115 Å². The molecule has 0 bridgehead atoms. The third-order valence-corrected chi connectivity index (χ3v) is 2.19. The molecule has 0 aliphatic rings. The SMILES string of the molecule is N#CC(C#N)C(C#N)c1cccc([N+](=O)[O-])c1. The Morgan fingerprint density at radius 1 is 1.18 bits per heavy atom. The molecule has 1 aromatic carbocycles. The largest absolute Gasteiger partial charge is 0.269 e. The van der Waals surface area contributed by atoms with Crippen molar-refractivity contribution in [2.75, 3.05) is 0 Å². The summed E-state index contributed by atoms with van der Waals surface area (Å²) in [7, 11) is 0. The minimum absolute atomic E-state index is 0.169. The molecule has 6 heteroatoms. The van der Waals surface area contributed by atoms with E-state index in [1.807, 2.05) is 6.07 Å². The van der Waals surface area contributed by atoms with Crippen molar-refractivity contribution in [3.05, 3.63) is 39.9 Å². The molecule has 0 aliphatic heterocycles. The predicted octanol–water partition coefficient (Wildman–Crippen LogP) is 1.87. The summed E-state index contributed by atoms with van der Waals surface area (Å²) in [5.74, 6) is -2.12. The van der Waals surface area contributed by atoms with E-state index in [1.54, 1.807) is 12.1 Å². The zero-order valence-electron chi connectivity index (χ0n) is 8.57. The summed E-state index contributed by atoms with van der Waals surface area (Å²) >= 11 is 0. The van der Waals surface area contributed by atoms with Gasteiger partial charge in [0, 0.05) is 12.1 Å². The normalized spacial score (nSPS) is 10.9. The lowest BCUT2D eigenvalue weighted by Gasteiger charge is -2.08. The Morgan fingerprint density at radius 2 is 1.82 bits per heavy atom. The first-order valence-corrected chi connectivity index (χ1v) is 4.57. The lowest BCUT2D eigenvalue weighted by Crippen LogP contribution is -2.07. The van der Waals surface area contributed by atoms with Crippen molar-refractivity contribution in [1.29, 1.82) is 15.8 Å². The van der Waals surface area contributed by atoms with E-state index >= 15 is 0 Å². The lowest BCUT2D eigenvalue weighted by molar-refractivity contribution is -0.384. The second-order valence-corrected chi connectivity index (χ2v) is 3.19. The first-order valence-electron chi connectivity index (χ1n) is 4.57. The van der Waals surface area contributed by atoms with Gasteiger partial charge in [-0.05, 0) is 5.56 Å². The Hall–Kier alpha value is -2.91. The van der Waals surface area contributed by atoms with Gasteiger partial charge < -0.3 is 0 Å². The highest BCUT2D eigenvalue weighted by Gasteiger charge is 2.24. The summed E-state index contributed by atoms with van der Waals surface area (Å²) in [5, 5.41) is 36.9. The highest BCUT2D eigenvalue weighted by molar-refractivity contribution is 5.40. The molecule has 0 amide bonds. The molecule has 17 heavy (non-hydrogen) atoms. The monoisotopic (exact) mass is 226 g/mol. The van der Waals surface area contributed by atoms with Gasteiger partial charge in [0.1, 0.15) is 5.92 Å². The quantitative estimate of drug-likeness (QED) is 0.576. The molecule has 1 atom stereocenters. The third kappa shape index (κ3) is 2.56. The molecule has 1 rings (SSSR count). The number of non-ortho nitro benzene ring substituents is 1. The van der Waals surface area contributed by atoms with E-state index in [0.717, 1.165) is 0 Å². The number of rotatable bonds is 3. The number of nitrogens with zero attached hydrogens (tertiary/aromatic N) is 4. The summed E-state index contributed by atoms with van der Waals surface area (Å²) in [6, 6.07) is 10.6. The first-order chi connectivity index (χ1) is 8.13. The van der Waals surface area contributed by atoms with Gasteiger partial charge in [-0.15, -0.1) is 0 Å². The molecule has 1 unspecified atom stereocenters. The Bertz CT molecular complexity index is 548. The van der Waals surface area contributed by atoms with Crippen LogP contribution in [0.15, 0.2) is 24.3 Å². The molecule has 0 aromatic heterocycles. The van der Waals surface area contributed by atoms with Crippen LogP contribution in [0.1, 0.15) is 11.5 Å². The van der Waals surface area contributed by atoms with Crippen LogP contribution in [0.3, 0.4) is 0 Å². The predicted molar refractivity (Wildman–Crippen MR) is 56.2 cm³/mol. The van der Waals surface area contributed by atoms with Crippen LogP contribution in [0.5, 0.6) is 0 Å². The molecule has 0 N–H and O–H groups in total. The fraction of sp³-hybridized carbons (Fsp3) is 0.182. The molecule has 0 spiro atoms. The Labute approximate surface area is 97.1 Å². The van der Waals surface area contributed by atoms with E-state index < -0.39 is 16.8 Å². The summed E-state index contributed by atoms with van der Waals surface area (Å²) in [6.07, 6.45) is 0. The number of nitro benzene ring substituents is 1. The maximum Gasteiger partial charge on any atom is 0.269 e. The lowest BCUT2D eigenvalue weighted by atomic mass is 9.89. The highest BCUT2D eigenvalue weighted by Crippen LogP contribution is 2.26. The molecule has 1 aromatic rings. The zero-order valence-corrected chi connectivity index (χ0v) is 8.57. The molecule has 0 fully saturated rings. The average Bonchev–Trinajstić information content (AvgIpc) is 2.35. The maximum absolute atomic E-state index is 10.6. The number of benzene rings is 1. The first kappa shape index (κ1) is 12.2. The number of hydrogen-bond acceptors (Lipinski definition) is 5. The molecule has 0 heterocycles. The van der Waals surface area contributed by atoms with Crippen molar-refractivity contribution < 1.29 is 4.92 Å². The maximum atomic E-state index is 10.6. The van der Waals surface area contributed by atoms with E-state index in [9.17, 15) is 10.1 Å². The van der Waals surface area contributed by atoms with Crippen molar-refractivity contribution in [1.82, 2.24) is 0 Å². The van der Waals surface area contributed by atoms with Crippen LogP contribution >= 0.6 is 0 Å². The van der Waals surface area contributed by atoms with Gasteiger partial charge in [-0.1, -0.05) is 12.1 Å². The Kier molecular flexibility index (Phi) is 3.76. The van der Waals surface area contributed by atoms with Gasteiger partial charge in [-0.25, -0.2) is 0 Å². The highest BCUT2D eigenvalue weighted by atomic mass is 16.6. The summed E-state index contributed by atoms with van der Waals surface area (Å²) in [6.45, 7) is 0. The minimum atomic E-state index is -1.14. The number of nitriles is 3. The van der Waals surface area contributed by atoms with Crippen molar-refractivity contribution in [2.24, 2.45) is 5.92 Å². The second-order valence-electron chi connectivity index (χ2n) is 3.19. The molecule has 6 nitrogen and oxygen atoms in total. The van der Waals surface area contributed by atoms with Gasteiger partial charge in [-0.3, -0.25) is 10.1 Å². The number of hydrogen-bond donors (Lipinski definition) is 0. The van der Waals surface area contributed by atoms with Crippen LogP contribution in [0, 0.1) is 50.0 Å². The smallest absolute Gasteiger partial charge is 0.258 e. The van der Waals surface area contributed by atoms with E-state index in [1.165, 1.54) is 24.3 Å². The van der Waals surface area contributed by atoms with Crippen LogP contribution in [-0.4, -0.2) is 4.92 Å². The molecule has 0 aliphatic carbocycles. The molecule has 82 valence electrons. The molecule has 0 saturated heterocycles. The van der Waals surface area contributed by atoms with Gasteiger partial charge in [0.05, 0.1) is 23.1 Å². The third-order valence-electron chi connectivity index (χ3n) is 2.19. The molecule has 0 radical (unpaired) electrons. The van der Waals surface area contributed by atoms with Crippen molar-refractivity contribution in [2.45, 2.75) is 5.92 Å². The van der Waals surface area contributed by atoms with Crippen LogP contribution in [-0.2, 0) is 0 Å². The fourth-order valence-corrected chi connectivity index (χ4v) is 1.35. The standard InChI is InChI=1S/C11H6N4O2/c12-5-9(6-13)11(7-14)8-2-1-3-10(4-8)15(16)17/h1-4,9,11H. The van der Waals surface area contributed by atoms with E-state index in [4.69, 9.17) is 15.8 Å². The van der Waals surface area contributed by atoms with Crippen molar-refractivity contribution >= 4 is 5.69 Å². The molecular weight excluding hydrogens is 220 g/mol. The van der Waals surface area contributed by atoms with Gasteiger partial charge in [0.25, 0.3) is 5.69 Å². The summed E-state index contributed by atoms with van der Waals surface area (Å²) in [5.41, 5.74) is 0.132. The van der Waals surface area contributed by atoms with Crippen molar-refractivity contribution in [3.63, 3.8) is 0 Å². The number of nitro groups is 1. The summed E-state index contributed by atoms with van der Waals surface area (Å²) < 4.78 is 0. The Morgan fingerprint density at radius 3 is 2.29 bits per heavy atom. The van der Waals surface area contributed by atoms with Crippen LogP contribution in [0.2, 0.25) is 0 Å². The van der Waals surface area contributed by atoms with Gasteiger partial charge in [-0.2, -0.15) is 15.8 Å². The summed E-state index contributed by atoms with van der Waals surface area (Å²) in [4.78, 5) is 9.97. The van der Waals surface area contributed by atoms with E-state index in [0.29, 0.717) is 5.56 Å². The van der Waals surface area contributed by atoms with Gasteiger partial charge in [0.2, 0.25) is 0 Å². The Balaban J connectivity index is 3.20. The van der Waals surface area contributed by atoms with E-state index in [-0.39, 0.29) is 5.69 Å². The van der Waals surface area contributed by atoms with Gasteiger partial charge >= 0.3 is 0 Å². The molecule has 0 saturated carbocycles. The second kappa shape index (κ2) is 5.25. The molecular formula is C11H6N4O2. The minimum Gasteiger partial charge on any atom is -0.258 e. The van der Waals surface area contributed by atoms with Crippen LogP contribution < -0.4 is 0 Å². The van der Waals surface area contributed by atoms with Gasteiger partial charge in [0.15, 0.2) is 5.92 Å². The van der Waals surface area contributed by atoms with Crippen molar-refractivity contribution in [3.8, 4) is 18.2 Å². The fourth-order valence-electron chi connectivity index (χ4n) is 1.35. The van der Waals surface area contributed by atoms with E-state index in [2.05, 4.69) is 0 Å². The average molecular weight is 226 g/mol. The zero-order chi connectivity index (χ0) is 12.8.